The van der Waals surface area contributed by atoms with Crippen LogP contribution in [0.3, 0.4) is 0 Å². The summed E-state index contributed by atoms with van der Waals surface area (Å²) in [6.07, 6.45) is 5.37. The number of thiazole rings is 1. The summed E-state index contributed by atoms with van der Waals surface area (Å²) in [5.74, 6) is 1.44. The van der Waals surface area contributed by atoms with Gasteiger partial charge in [0.15, 0.2) is 0 Å². The zero-order valence-corrected chi connectivity index (χ0v) is 20.7. The van der Waals surface area contributed by atoms with Crippen LogP contribution < -0.4 is 10.1 Å². The third kappa shape index (κ3) is 4.32. The summed E-state index contributed by atoms with van der Waals surface area (Å²) in [5, 5.41) is 8.65. The molecule has 3 aromatic heterocycles. The van der Waals surface area contributed by atoms with Crippen molar-refractivity contribution in [3.05, 3.63) is 54.6 Å². The van der Waals surface area contributed by atoms with E-state index in [1.165, 1.54) is 0 Å². The second-order valence-corrected chi connectivity index (χ2v) is 9.57. The Kier molecular flexibility index (Phi) is 5.89. The van der Waals surface area contributed by atoms with Gasteiger partial charge in [0.25, 0.3) is 0 Å². The van der Waals surface area contributed by atoms with Crippen LogP contribution in [0, 0.1) is 0 Å². The monoisotopic (exact) mass is 473 g/mol. The Labute approximate surface area is 202 Å². The van der Waals surface area contributed by atoms with Crippen molar-refractivity contribution in [2.45, 2.75) is 26.0 Å². The van der Waals surface area contributed by atoms with Gasteiger partial charge in [-0.25, -0.2) is 15.0 Å². The largest absolute Gasteiger partial charge is 0.488 e. The highest BCUT2D eigenvalue weighted by Crippen LogP contribution is 2.37. The molecule has 0 aliphatic heterocycles. The van der Waals surface area contributed by atoms with Crippen molar-refractivity contribution in [3.63, 3.8) is 0 Å². The zero-order valence-electron chi connectivity index (χ0n) is 19.9. The van der Waals surface area contributed by atoms with Crippen molar-refractivity contribution >= 4 is 44.0 Å². The van der Waals surface area contributed by atoms with E-state index in [1.54, 1.807) is 22.3 Å². The van der Waals surface area contributed by atoms with Crippen molar-refractivity contribution in [2.75, 3.05) is 19.4 Å². The van der Waals surface area contributed by atoms with E-state index >= 15 is 0 Å². The Bertz CT molecular complexity index is 1460. The van der Waals surface area contributed by atoms with Gasteiger partial charge in [0.1, 0.15) is 24.0 Å². The van der Waals surface area contributed by atoms with E-state index < -0.39 is 0 Å². The standard InChI is InChI=1S/C25H27N7OS/c1-15(31(3)4)16(2)33-22-9-17(18-11-29-32(5)12-18)8-21-24(22)25(27-13-26-21)30-19-6-7-20-23(10-19)34-14-28-20/h6-16H,1-5H3,(H,26,27,30)/t15-,16+/m0/s1. The molecule has 0 aliphatic carbocycles. The lowest BCUT2D eigenvalue weighted by molar-refractivity contribution is 0.123. The molecule has 1 N–H and O–H groups in total. The molecule has 5 aromatic rings. The third-order valence-corrected chi connectivity index (χ3v) is 6.93. The molecule has 2 aromatic carbocycles. The Morgan fingerprint density at radius 3 is 2.65 bits per heavy atom. The van der Waals surface area contributed by atoms with E-state index in [0.717, 1.165) is 43.7 Å². The zero-order chi connectivity index (χ0) is 23.8. The van der Waals surface area contributed by atoms with Crippen molar-refractivity contribution in [2.24, 2.45) is 7.05 Å². The highest BCUT2D eigenvalue weighted by molar-refractivity contribution is 7.16. The minimum Gasteiger partial charge on any atom is -0.488 e. The van der Waals surface area contributed by atoms with Gasteiger partial charge in [-0.3, -0.25) is 4.68 Å². The normalized spacial score (nSPS) is 13.5. The average molecular weight is 474 g/mol. The van der Waals surface area contributed by atoms with Gasteiger partial charge in [0, 0.05) is 30.5 Å². The van der Waals surface area contributed by atoms with Crippen LogP contribution in [-0.4, -0.2) is 55.9 Å². The average Bonchev–Trinajstić information content (AvgIpc) is 3.46. The van der Waals surface area contributed by atoms with Crippen molar-refractivity contribution in [3.8, 4) is 16.9 Å². The molecule has 8 nitrogen and oxygen atoms in total. The molecule has 0 saturated carbocycles. The van der Waals surface area contributed by atoms with E-state index in [2.05, 4.69) is 76.4 Å². The first kappa shape index (κ1) is 22.2. The van der Waals surface area contributed by atoms with E-state index in [-0.39, 0.29) is 12.1 Å². The number of nitrogens with zero attached hydrogens (tertiary/aromatic N) is 6. The van der Waals surface area contributed by atoms with Gasteiger partial charge < -0.3 is 15.0 Å². The number of nitrogens with one attached hydrogen (secondary N) is 1. The van der Waals surface area contributed by atoms with E-state index in [1.807, 2.05) is 37.1 Å². The first-order valence-corrected chi connectivity index (χ1v) is 12.0. The lowest BCUT2D eigenvalue weighted by Gasteiger charge is -2.28. The highest BCUT2D eigenvalue weighted by Gasteiger charge is 2.20. The number of hydrogen-bond acceptors (Lipinski definition) is 8. The van der Waals surface area contributed by atoms with Gasteiger partial charge >= 0.3 is 0 Å². The molecule has 0 bridgehead atoms. The molecule has 0 amide bonds. The second kappa shape index (κ2) is 9.00. The fourth-order valence-corrected chi connectivity index (χ4v) is 4.58. The highest BCUT2D eigenvalue weighted by atomic mass is 32.1. The fourth-order valence-electron chi connectivity index (χ4n) is 3.87. The van der Waals surface area contributed by atoms with Crippen molar-refractivity contribution in [1.29, 1.82) is 0 Å². The summed E-state index contributed by atoms with van der Waals surface area (Å²) in [5.41, 5.74) is 6.58. The molecule has 34 heavy (non-hydrogen) atoms. The summed E-state index contributed by atoms with van der Waals surface area (Å²) < 4.78 is 9.47. The van der Waals surface area contributed by atoms with Crippen LogP contribution in [-0.2, 0) is 7.05 Å². The van der Waals surface area contributed by atoms with E-state index in [4.69, 9.17) is 4.74 Å². The topological polar surface area (TPSA) is 81.0 Å². The summed E-state index contributed by atoms with van der Waals surface area (Å²) in [7, 11) is 6.02. The summed E-state index contributed by atoms with van der Waals surface area (Å²) in [4.78, 5) is 15.7. The molecule has 2 atom stereocenters. The molecule has 0 spiro atoms. The quantitative estimate of drug-likeness (QED) is 0.352. The van der Waals surface area contributed by atoms with E-state index in [0.29, 0.717) is 5.82 Å². The molecule has 0 saturated heterocycles. The van der Waals surface area contributed by atoms with Gasteiger partial charge in [-0.05, 0) is 63.8 Å². The Morgan fingerprint density at radius 2 is 1.88 bits per heavy atom. The molecule has 0 radical (unpaired) electrons. The van der Waals surface area contributed by atoms with Crippen LogP contribution in [0.4, 0.5) is 11.5 Å². The predicted molar refractivity (Wildman–Crippen MR) is 138 cm³/mol. The van der Waals surface area contributed by atoms with Crippen LogP contribution in [0.15, 0.2) is 54.6 Å². The lowest BCUT2D eigenvalue weighted by Crippen LogP contribution is -2.38. The van der Waals surface area contributed by atoms with Gasteiger partial charge in [0.05, 0.1) is 32.8 Å². The molecule has 0 unspecified atom stereocenters. The molecule has 3 heterocycles. The number of likely N-dealkylation sites (N-methyl/N-ethyl adjacent to an activating group) is 1. The Balaban J connectivity index is 1.62. The molecule has 174 valence electrons. The number of ether oxygens (including phenoxy) is 1. The predicted octanol–water partition coefficient (Wildman–Crippen LogP) is 5.10. The number of rotatable bonds is 7. The van der Waals surface area contributed by atoms with Gasteiger partial charge in [-0.1, -0.05) is 0 Å². The minimum atomic E-state index is -0.0519. The lowest BCUT2D eigenvalue weighted by atomic mass is 10.1. The Hall–Kier alpha value is -3.56. The molecule has 9 heteroatoms. The summed E-state index contributed by atoms with van der Waals surface area (Å²) in [6.45, 7) is 4.24. The van der Waals surface area contributed by atoms with Crippen molar-refractivity contribution in [1.82, 2.24) is 29.6 Å². The summed E-state index contributed by atoms with van der Waals surface area (Å²) >= 11 is 1.61. The number of aromatic nitrogens is 5. The molecular formula is C25H27N7OS. The van der Waals surface area contributed by atoms with Crippen LogP contribution >= 0.6 is 11.3 Å². The van der Waals surface area contributed by atoms with Crippen LogP contribution in [0.2, 0.25) is 0 Å². The van der Waals surface area contributed by atoms with Gasteiger partial charge in [0.2, 0.25) is 0 Å². The SMILES string of the molecule is C[C@@H](Oc1cc(-c2cnn(C)c2)cc2ncnc(Nc3ccc4ncsc4c3)c12)[C@H](C)N(C)C. The van der Waals surface area contributed by atoms with Crippen molar-refractivity contribution < 1.29 is 4.74 Å². The number of fused-ring (bicyclic) bond motifs is 2. The third-order valence-electron chi connectivity index (χ3n) is 6.14. The van der Waals surface area contributed by atoms with Crippen LogP contribution in [0.1, 0.15) is 13.8 Å². The van der Waals surface area contributed by atoms with Gasteiger partial charge in [-0.15, -0.1) is 11.3 Å². The molecule has 5 rings (SSSR count). The maximum absolute atomic E-state index is 6.56. The van der Waals surface area contributed by atoms with Crippen LogP contribution in [0.5, 0.6) is 5.75 Å². The smallest absolute Gasteiger partial charge is 0.145 e. The maximum atomic E-state index is 6.56. The second-order valence-electron chi connectivity index (χ2n) is 8.68. The molecule has 0 aliphatic rings. The van der Waals surface area contributed by atoms with Gasteiger partial charge in [-0.2, -0.15) is 5.10 Å². The number of anilines is 2. The number of aryl methyl sites for hydroxylation is 1. The first-order valence-electron chi connectivity index (χ1n) is 11.1. The van der Waals surface area contributed by atoms with Crippen LogP contribution in [0.25, 0.3) is 32.2 Å². The minimum absolute atomic E-state index is 0.0519. The molecule has 0 fully saturated rings. The maximum Gasteiger partial charge on any atom is 0.145 e. The number of hydrogen-bond donors (Lipinski definition) is 1. The Morgan fingerprint density at radius 1 is 1.03 bits per heavy atom. The molecular weight excluding hydrogens is 446 g/mol. The van der Waals surface area contributed by atoms with E-state index in [9.17, 15) is 0 Å². The summed E-state index contributed by atoms with van der Waals surface area (Å²) in [6, 6.07) is 10.4. The fraction of sp³-hybridized carbons (Fsp3) is 0.280. The first-order chi connectivity index (χ1) is 16.4. The number of benzene rings is 2.